The maximum Gasteiger partial charge on any atom is 0.407 e. The number of amides is 2. The third-order valence-electron chi connectivity index (χ3n) is 8.27. The van der Waals surface area contributed by atoms with Crippen LogP contribution in [0.1, 0.15) is 53.0 Å². The summed E-state index contributed by atoms with van der Waals surface area (Å²) in [4.78, 5) is 38.0. The molecule has 2 N–H and O–H groups in total. The van der Waals surface area contributed by atoms with Crippen molar-refractivity contribution < 1.29 is 33.3 Å². The Morgan fingerprint density at radius 3 is 2.06 bits per heavy atom. The van der Waals surface area contributed by atoms with Crippen LogP contribution >= 0.6 is 0 Å². The Balaban J connectivity index is 1.14. The third kappa shape index (κ3) is 9.96. The van der Waals surface area contributed by atoms with Crippen molar-refractivity contribution in [2.75, 3.05) is 19.8 Å². The number of nitrogens with one attached hydrogen (secondary N) is 2. The fourth-order valence-electron chi connectivity index (χ4n) is 5.67. The summed E-state index contributed by atoms with van der Waals surface area (Å²) in [6.45, 7) is 6.62. The topological polar surface area (TPSA) is 112 Å². The zero-order valence-electron chi connectivity index (χ0n) is 27.7. The first kappa shape index (κ1) is 34.8. The molecule has 0 bridgehead atoms. The molecule has 5 rings (SSSR count). The van der Waals surface area contributed by atoms with Crippen LogP contribution < -0.4 is 15.4 Å². The van der Waals surface area contributed by atoms with Gasteiger partial charge in [0.25, 0.3) is 0 Å². The predicted octanol–water partition coefficient (Wildman–Crippen LogP) is 7.61. The molecule has 0 aromatic heterocycles. The van der Waals surface area contributed by atoms with E-state index in [2.05, 4.69) is 29.3 Å². The van der Waals surface area contributed by atoms with Crippen LogP contribution in [0.2, 0.25) is 0 Å². The number of carbonyl (C=O) groups excluding carboxylic acids is 3. The van der Waals surface area contributed by atoms with Gasteiger partial charge in [-0.15, -0.1) is 0 Å². The van der Waals surface area contributed by atoms with Crippen molar-refractivity contribution >= 4 is 18.2 Å². The van der Waals surface area contributed by atoms with E-state index in [0.29, 0.717) is 31.7 Å². The zero-order valence-corrected chi connectivity index (χ0v) is 27.7. The van der Waals surface area contributed by atoms with Gasteiger partial charge >= 0.3 is 18.2 Å². The summed E-state index contributed by atoms with van der Waals surface area (Å²) >= 11 is 0. The number of hydrogen-bond acceptors (Lipinski definition) is 7. The summed E-state index contributed by atoms with van der Waals surface area (Å²) in [5.74, 6) is 0.0123. The maximum atomic E-state index is 13.3. The van der Waals surface area contributed by atoms with E-state index in [0.717, 1.165) is 33.4 Å². The summed E-state index contributed by atoms with van der Waals surface area (Å²) in [7, 11) is 0. The van der Waals surface area contributed by atoms with Crippen LogP contribution in [-0.2, 0) is 32.2 Å². The fraction of sp³-hybridized carbons (Fsp3) is 0.275. The highest BCUT2D eigenvalue weighted by molar-refractivity contribution is 5.82. The van der Waals surface area contributed by atoms with Crippen molar-refractivity contribution in [3.8, 4) is 16.9 Å². The number of carbonyl (C=O) groups is 3. The van der Waals surface area contributed by atoms with Crippen molar-refractivity contribution in [3.63, 3.8) is 0 Å². The van der Waals surface area contributed by atoms with Crippen molar-refractivity contribution in [2.45, 2.75) is 51.4 Å². The highest BCUT2D eigenvalue weighted by Gasteiger charge is 2.30. The molecule has 49 heavy (non-hydrogen) atoms. The van der Waals surface area contributed by atoms with E-state index < -0.39 is 24.2 Å². The summed E-state index contributed by atoms with van der Waals surface area (Å²) < 4.78 is 22.1. The molecule has 254 valence electrons. The van der Waals surface area contributed by atoms with Gasteiger partial charge in [0.2, 0.25) is 0 Å². The number of esters is 1. The highest BCUT2D eigenvalue weighted by Crippen LogP contribution is 2.44. The smallest absolute Gasteiger partial charge is 0.407 e. The molecular weight excluding hydrogens is 620 g/mol. The number of ether oxygens (including phenoxy) is 4. The number of benzene rings is 4. The minimum Gasteiger partial charge on any atom is -0.489 e. The second kappa shape index (κ2) is 17.5. The van der Waals surface area contributed by atoms with Crippen LogP contribution in [0.5, 0.6) is 5.75 Å². The molecular formula is C40H42N2O7. The summed E-state index contributed by atoms with van der Waals surface area (Å²) in [5, 5.41) is 5.37. The molecule has 0 saturated carbocycles. The van der Waals surface area contributed by atoms with Crippen molar-refractivity contribution in [2.24, 2.45) is 0 Å². The Hall–Kier alpha value is -5.57. The molecule has 4 aromatic rings. The molecule has 2 amide bonds. The molecule has 9 nitrogen and oxygen atoms in total. The van der Waals surface area contributed by atoms with Crippen molar-refractivity contribution in [1.29, 1.82) is 0 Å². The largest absolute Gasteiger partial charge is 0.489 e. The lowest BCUT2D eigenvalue weighted by atomic mass is 9.98. The first-order valence-corrected chi connectivity index (χ1v) is 16.5. The van der Waals surface area contributed by atoms with Crippen molar-refractivity contribution in [1.82, 2.24) is 10.6 Å². The van der Waals surface area contributed by atoms with Crippen LogP contribution in [0.4, 0.5) is 9.59 Å². The first-order chi connectivity index (χ1) is 23.9. The number of unbranched alkanes of at least 4 members (excludes halogenated alkanes) is 1. The minimum atomic E-state index is -0.944. The normalized spacial score (nSPS) is 12.2. The first-order valence-electron chi connectivity index (χ1n) is 16.5. The highest BCUT2D eigenvalue weighted by atomic mass is 16.6. The van der Waals surface area contributed by atoms with Crippen LogP contribution in [0.25, 0.3) is 11.1 Å². The van der Waals surface area contributed by atoms with Gasteiger partial charge < -0.3 is 29.6 Å². The molecule has 1 atom stereocenters. The van der Waals surface area contributed by atoms with Crippen molar-refractivity contribution in [3.05, 3.63) is 138 Å². The number of hydrogen-bond donors (Lipinski definition) is 2. The number of aryl methyl sites for hydroxylation is 1. The summed E-state index contributed by atoms with van der Waals surface area (Å²) in [6.07, 6.45) is 1.61. The second-order valence-corrected chi connectivity index (χ2v) is 11.9. The molecule has 0 radical (unpaired) electrons. The Labute approximate surface area is 287 Å². The van der Waals surface area contributed by atoms with Crippen LogP contribution in [0, 0.1) is 6.92 Å². The Morgan fingerprint density at radius 1 is 0.755 bits per heavy atom. The van der Waals surface area contributed by atoms with Gasteiger partial charge in [-0.1, -0.05) is 103 Å². The molecule has 1 aliphatic rings. The Morgan fingerprint density at radius 2 is 1.39 bits per heavy atom. The van der Waals surface area contributed by atoms with Gasteiger partial charge in [0.1, 0.15) is 38.2 Å². The maximum absolute atomic E-state index is 13.3. The molecule has 0 saturated heterocycles. The second-order valence-electron chi connectivity index (χ2n) is 11.9. The fourth-order valence-corrected chi connectivity index (χ4v) is 5.67. The van der Waals surface area contributed by atoms with Crippen LogP contribution in [0.15, 0.2) is 110 Å². The molecule has 0 aliphatic heterocycles. The standard InChI is InChI=1S/C40H42N2O7/c1-3-24-46-39(44)41-23-9-8-14-37(38(43)48-26-30-19-21-31(22-20-30)47-25-29-17-15-28(2)16-18-29)42-40(45)49-27-36-34-12-6-4-10-32(34)33-11-5-7-13-35(33)36/h3-7,10-13,15-22,36-37H,1,8-9,14,23-27H2,2H3,(H,41,44)(H,42,45)/t37-/m0/s1. The Bertz CT molecular complexity index is 1670. The van der Waals surface area contributed by atoms with Gasteiger partial charge in [0, 0.05) is 12.5 Å². The van der Waals surface area contributed by atoms with E-state index in [4.69, 9.17) is 18.9 Å². The van der Waals surface area contributed by atoms with Gasteiger partial charge in [0.15, 0.2) is 0 Å². The SMILES string of the molecule is C=CCOC(=O)NCCCC[C@H](NC(=O)OCC1c2ccccc2-c2ccccc21)C(=O)OCc1ccc(OCc2ccc(C)cc2)cc1. The third-order valence-corrected chi connectivity index (χ3v) is 8.27. The average molecular weight is 663 g/mol. The number of rotatable bonds is 16. The van der Waals surface area contributed by atoms with E-state index in [1.807, 2.05) is 91.9 Å². The lowest BCUT2D eigenvalue weighted by molar-refractivity contribution is -0.147. The molecule has 4 aromatic carbocycles. The van der Waals surface area contributed by atoms with Crippen LogP contribution in [-0.4, -0.2) is 44.0 Å². The lowest BCUT2D eigenvalue weighted by Crippen LogP contribution is -2.42. The molecule has 1 aliphatic carbocycles. The quantitative estimate of drug-likeness (QED) is 0.0550. The molecule has 0 fully saturated rings. The zero-order chi connectivity index (χ0) is 34.4. The van der Waals surface area contributed by atoms with E-state index in [1.54, 1.807) is 0 Å². The van der Waals surface area contributed by atoms with Crippen LogP contribution in [0.3, 0.4) is 0 Å². The molecule has 0 spiro atoms. The minimum absolute atomic E-state index is 0.0244. The van der Waals surface area contributed by atoms with Gasteiger partial charge in [-0.25, -0.2) is 14.4 Å². The Kier molecular flexibility index (Phi) is 12.4. The van der Waals surface area contributed by atoms with Gasteiger partial charge in [-0.05, 0) is 71.7 Å². The number of fused-ring (bicyclic) bond motifs is 3. The lowest BCUT2D eigenvalue weighted by Gasteiger charge is -2.19. The van der Waals surface area contributed by atoms with E-state index in [9.17, 15) is 14.4 Å². The molecule has 0 unspecified atom stereocenters. The molecule has 0 heterocycles. The molecule has 9 heteroatoms. The number of alkyl carbamates (subject to hydrolysis) is 2. The van der Waals surface area contributed by atoms with Gasteiger partial charge in [0.05, 0.1) is 0 Å². The van der Waals surface area contributed by atoms with Gasteiger partial charge in [-0.2, -0.15) is 0 Å². The summed E-state index contributed by atoms with van der Waals surface area (Å²) in [6, 6.07) is 30.7. The van der Waals surface area contributed by atoms with E-state index in [-0.39, 0.29) is 32.2 Å². The average Bonchev–Trinajstić information content (AvgIpc) is 3.45. The summed E-state index contributed by atoms with van der Waals surface area (Å²) in [5.41, 5.74) is 7.48. The van der Waals surface area contributed by atoms with E-state index in [1.165, 1.54) is 11.6 Å². The van der Waals surface area contributed by atoms with E-state index >= 15 is 0 Å². The predicted molar refractivity (Wildman–Crippen MR) is 187 cm³/mol. The monoisotopic (exact) mass is 662 g/mol. The van der Waals surface area contributed by atoms with Gasteiger partial charge in [-0.3, -0.25) is 0 Å².